The molecule has 1 rings (SSSR count). The summed E-state index contributed by atoms with van der Waals surface area (Å²) in [6.07, 6.45) is -1.60. The van der Waals surface area contributed by atoms with Crippen LogP contribution in [0.5, 0.6) is 0 Å². The van der Waals surface area contributed by atoms with Crippen LogP contribution < -0.4 is 54.0 Å². The van der Waals surface area contributed by atoms with Crippen molar-refractivity contribution < 1.29 is 87.9 Å². The van der Waals surface area contributed by atoms with Gasteiger partial charge in [-0.2, -0.15) is 11.8 Å². The Morgan fingerprint density at radius 2 is 1.15 bits per heavy atom. The van der Waals surface area contributed by atoms with Crippen LogP contribution >= 0.6 is 11.8 Å². The lowest BCUT2D eigenvalue weighted by atomic mass is 10.0. The van der Waals surface area contributed by atoms with Gasteiger partial charge in [-0.1, -0.05) is 13.8 Å². The molecule has 0 aromatic heterocycles. The third kappa shape index (κ3) is 24.1. The monoisotopic (exact) mass is 1060 g/mol. The number of carboxylic acids is 4. The molecule has 9 amide bonds. The first-order valence-corrected chi connectivity index (χ1v) is 24.8. The van der Waals surface area contributed by atoms with Gasteiger partial charge in [-0.3, -0.25) is 57.5 Å². The van der Waals surface area contributed by atoms with Crippen LogP contribution in [0.25, 0.3) is 0 Å². The van der Waals surface area contributed by atoms with E-state index in [1.807, 2.05) is 0 Å². The molecule has 0 unspecified atom stereocenters. The number of thioether (sulfide) groups is 1. The predicted molar refractivity (Wildman–Crippen MR) is 256 cm³/mol. The molecule has 0 aromatic carbocycles. The van der Waals surface area contributed by atoms with Crippen molar-refractivity contribution >= 4 is 88.8 Å². The fourth-order valence-electron chi connectivity index (χ4n) is 7.08. The average Bonchev–Trinajstić information content (AvgIpc) is 3.82. The molecule has 17 N–H and O–H groups in total. The average molecular weight is 1060 g/mol. The lowest BCUT2D eigenvalue weighted by molar-refractivity contribution is -0.145. The lowest BCUT2D eigenvalue weighted by Crippen LogP contribution is -2.58. The molecule has 1 aliphatic rings. The fourth-order valence-corrected chi connectivity index (χ4v) is 7.55. The zero-order valence-corrected chi connectivity index (χ0v) is 42.0. The van der Waals surface area contributed by atoms with E-state index in [4.69, 9.17) is 11.5 Å². The van der Waals surface area contributed by atoms with Gasteiger partial charge < -0.3 is 84.4 Å². The van der Waals surface area contributed by atoms with Gasteiger partial charge in [0, 0.05) is 19.4 Å². The van der Waals surface area contributed by atoms with Gasteiger partial charge in [-0.05, 0) is 82.8 Å². The molecule has 0 spiro atoms. The second kappa shape index (κ2) is 33.1. The van der Waals surface area contributed by atoms with E-state index in [2.05, 4.69) is 42.5 Å². The number of rotatable bonds is 35. The first-order valence-electron chi connectivity index (χ1n) is 23.4. The summed E-state index contributed by atoms with van der Waals surface area (Å²) in [6, 6.07) is -11.6. The van der Waals surface area contributed by atoms with E-state index in [1.165, 1.54) is 18.7 Å². The molecule has 29 nitrogen and oxygen atoms in total. The number of aliphatic hydroxyl groups excluding tert-OH is 1. The molecular weight excluding hydrogens is 991 g/mol. The van der Waals surface area contributed by atoms with Crippen molar-refractivity contribution in [3.63, 3.8) is 0 Å². The van der Waals surface area contributed by atoms with Crippen LogP contribution in [0.4, 0.5) is 0 Å². The minimum Gasteiger partial charge on any atom is -0.481 e. The van der Waals surface area contributed by atoms with Crippen molar-refractivity contribution in [3.05, 3.63) is 0 Å². The number of aliphatic carboxylic acids is 4. The number of aliphatic hydroxyl groups is 1. The zero-order valence-electron chi connectivity index (χ0n) is 41.1. The number of carbonyl (C=O) groups is 13. The van der Waals surface area contributed by atoms with Gasteiger partial charge in [0.25, 0.3) is 0 Å². The normalized spacial score (nSPS) is 16.4. The van der Waals surface area contributed by atoms with Crippen LogP contribution in [0.1, 0.15) is 91.4 Å². The summed E-state index contributed by atoms with van der Waals surface area (Å²) in [5, 5.41) is 65.8. The molecule has 0 aliphatic carbocycles. The van der Waals surface area contributed by atoms with E-state index in [0.29, 0.717) is 31.6 Å². The molecular formula is C43H71N11O18S. The maximum Gasteiger partial charge on any atom is 0.326 e. The third-order valence-corrected chi connectivity index (χ3v) is 11.8. The second-order valence-corrected chi connectivity index (χ2v) is 18.4. The van der Waals surface area contributed by atoms with Gasteiger partial charge in [-0.15, -0.1) is 0 Å². The Morgan fingerprint density at radius 1 is 0.616 bits per heavy atom. The molecule has 0 radical (unpaired) electrons. The standard InChI is InChI=1S/C43H71N11O18S/c1-21(2)35(53-30(57)20-47-37(65)27(18-33(62)63)52-40(68)34(45)22(3)55)41(69)49-24(14-17-73-4)36(64)46-19-29(56)48-23(10-12-31(58)59)38(66)50-25(11-13-32(60)61)42(70)54-16-7-9-28(54)39(67)51-26(43(71)72)8-5-6-15-44/h21-28,34-35,55H,5-20,44-45H2,1-4H3,(H,46,64)(H,47,65)(H,48,56)(H,49,69)(H,50,66)(H,51,67)(H,52,68)(H,53,57)(H,58,59)(H,60,61)(H,62,63)(H,71,72)/t22-,23+,24+,25+,26+,27+,28+,34+,35+/m1/s1. The van der Waals surface area contributed by atoms with Crippen molar-refractivity contribution in [1.29, 1.82) is 0 Å². The Morgan fingerprint density at radius 3 is 1.67 bits per heavy atom. The minimum atomic E-state index is -1.70. The van der Waals surface area contributed by atoms with Gasteiger partial charge in [0.15, 0.2) is 0 Å². The van der Waals surface area contributed by atoms with E-state index in [1.54, 1.807) is 20.1 Å². The van der Waals surface area contributed by atoms with Gasteiger partial charge in [-0.25, -0.2) is 4.79 Å². The van der Waals surface area contributed by atoms with Gasteiger partial charge in [0.2, 0.25) is 53.2 Å². The minimum absolute atomic E-state index is 0.00550. The molecule has 0 aromatic rings. The van der Waals surface area contributed by atoms with E-state index >= 15 is 0 Å². The number of nitrogens with one attached hydrogen (secondary N) is 8. The summed E-state index contributed by atoms with van der Waals surface area (Å²) in [5.74, 6) is -14.6. The highest BCUT2D eigenvalue weighted by atomic mass is 32.2. The van der Waals surface area contributed by atoms with Crippen LogP contribution in [0.3, 0.4) is 0 Å². The Balaban J connectivity index is 3.15. The van der Waals surface area contributed by atoms with E-state index in [-0.39, 0.29) is 25.8 Å². The molecule has 9 atom stereocenters. The molecule has 1 heterocycles. The highest BCUT2D eigenvalue weighted by Gasteiger charge is 2.40. The van der Waals surface area contributed by atoms with Crippen LogP contribution in [-0.4, -0.2) is 200 Å². The number of carboxylic acid groups (broad SMARTS) is 4. The Labute approximate surface area is 424 Å². The fraction of sp³-hybridized carbons (Fsp3) is 0.698. The van der Waals surface area contributed by atoms with Crippen LogP contribution in [0.15, 0.2) is 0 Å². The van der Waals surface area contributed by atoms with Crippen molar-refractivity contribution in [2.75, 3.05) is 38.2 Å². The van der Waals surface area contributed by atoms with Crippen molar-refractivity contribution in [2.45, 2.75) is 146 Å². The first-order chi connectivity index (χ1) is 34.2. The summed E-state index contributed by atoms with van der Waals surface area (Å²) < 4.78 is 0. The number of unbranched alkanes of at least 4 members (excludes halogenated alkanes) is 1. The number of amides is 9. The first kappa shape index (κ1) is 64.4. The summed E-state index contributed by atoms with van der Waals surface area (Å²) in [4.78, 5) is 167. The number of carbonyl (C=O) groups excluding carboxylic acids is 9. The number of hydrogen-bond acceptors (Lipinski definition) is 17. The molecule has 73 heavy (non-hydrogen) atoms. The lowest BCUT2D eigenvalue weighted by Gasteiger charge is -2.30. The molecule has 1 aliphatic heterocycles. The van der Waals surface area contributed by atoms with Crippen LogP contribution in [0, 0.1) is 5.92 Å². The second-order valence-electron chi connectivity index (χ2n) is 17.4. The molecule has 0 bridgehead atoms. The van der Waals surface area contributed by atoms with Crippen LogP contribution in [0.2, 0.25) is 0 Å². The van der Waals surface area contributed by atoms with E-state index in [0.717, 1.165) is 4.90 Å². The number of nitrogens with zero attached hydrogens (tertiary/aromatic N) is 1. The van der Waals surface area contributed by atoms with E-state index in [9.17, 15) is 87.9 Å². The molecule has 1 fully saturated rings. The Bertz CT molecular complexity index is 1980. The topological polar surface area (TPSA) is 475 Å². The smallest absolute Gasteiger partial charge is 0.326 e. The van der Waals surface area contributed by atoms with Gasteiger partial charge in [0.05, 0.1) is 25.6 Å². The maximum atomic E-state index is 13.9. The molecule has 30 heteroatoms. The van der Waals surface area contributed by atoms with Gasteiger partial charge in [0.1, 0.15) is 48.3 Å². The summed E-state index contributed by atoms with van der Waals surface area (Å²) >= 11 is 1.29. The SMILES string of the molecule is CSCC[C@H](NC(=O)[C@@H](NC(=O)CNC(=O)[C@H](CC(=O)O)NC(=O)[C@@H](N)[C@@H](C)O)C(C)C)C(=O)NCC(=O)N[C@@H](CCC(=O)O)C(=O)N[C@@H](CCC(=O)O)C(=O)N1CCC[C@H]1C(=O)N[C@@H](CCCCN)C(=O)O. The number of hydrogen-bond donors (Lipinski definition) is 15. The summed E-state index contributed by atoms with van der Waals surface area (Å²) in [6.45, 7) is 2.92. The zero-order chi connectivity index (χ0) is 55.5. The predicted octanol–water partition coefficient (Wildman–Crippen LogP) is -5.35. The highest BCUT2D eigenvalue weighted by Crippen LogP contribution is 2.21. The quantitative estimate of drug-likeness (QED) is 0.0264. The highest BCUT2D eigenvalue weighted by molar-refractivity contribution is 7.98. The van der Waals surface area contributed by atoms with Crippen LogP contribution in [-0.2, 0) is 62.3 Å². The van der Waals surface area contributed by atoms with Crippen molar-refractivity contribution in [1.82, 2.24) is 47.4 Å². The largest absolute Gasteiger partial charge is 0.481 e. The third-order valence-electron chi connectivity index (χ3n) is 11.1. The molecule has 0 saturated carbocycles. The summed E-state index contributed by atoms with van der Waals surface area (Å²) in [7, 11) is 0. The molecule has 412 valence electrons. The van der Waals surface area contributed by atoms with Crippen molar-refractivity contribution in [3.8, 4) is 0 Å². The number of nitrogens with two attached hydrogens (primary N) is 2. The maximum absolute atomic E-state index is 13.9. The Hall–Kier alpha value is -6.66. The van der Waals surface area contributed by atoms with Gasteiger partial charge >= 0.3 is 23.9 Å². The summed E-state index contributed by atoms with van der Waals surface area (Å²) in [5.41, 5.74) is 11.0. The number of likely N-dealkylation sites (tertiary alicyclic amines) is 1. The van der Waals surface area contributed by atoms with Crippen molar-refractivity contribution in [2.24, 2.45) is 17.4 Å². The molecule has 1 saturated heterocycles. The Kier molecular flexibility index (Phi) is 29.2. The van der Waals surface area contributed by atoms with E-state index < -0.39 is 183 Å².